The van der Waals surface area contributed by atoms with Crippen LogP contribution in [0.25, 0.3) is 0 Å². The summed E-state index contributed by atoms with van der Waals surface area (Å²) in [5.74, 6) is -3.09. The number of carbonyl (C=O) groups excluding carboxylic acids is 2. The van der Waals surface area contributed by atoms with E-state index in [0.717, 1.165) is 0 Å². The number of hydrogen-bond acceptors (Lipinski definition) is 4. The van der Waals surface area contributed by atoms with Crippen LogP contribution in [0.3, 0.4) is 0 Å². The lowest BCUT2D eigenvalue weighted by molar-refractivity contribution is -0.301. The van der Waals surface area contributed by atoms with Gasteiger partial charge in [-0.05, 0) is 12.2 Å². The standard InChI is InChI=1S/C7H16.C4H4O4/c1-3-5-7-6-4-2;5-3(6)1-2-4(7)8/h3-7H2,1-2H3;1-2H,(H,5,6)(H,7,8)/p-2/b;2-1+. The van der Waals surface area contributed by atoms with Crippen molar-refractivity contribution in [2.45, 2.75) is 46.0 Å². The van der Waals surface area contributed by atoms with Crippen LogP contribution < -0.4 is 10.2 Å². The second-order valence-corrected chi connectivity index (χ2v) is 3.03. The molecule has 0 aliphatic heterocycles. The summed E-state index contributed by atoms with van der Waals surface area (Å²) in [5, 5.41) is 18.8. The van der Waals surface area contributed by atoms with Crippen molar-refractivity contribution >= 4 is 11.9 Å². The molecule has 0 unspecified atom stereocenters. The highest BCUT2D eigenvalue weighted by atomic mass is 16.4. The maximum atomic E-state index is 9.41. The lowest BCUT2D eigenvalue weighted by Crippen LogP contribution is -2.23. The third kappa shape index (κ3) is 24.5. The average molecular weight is 214 g/mol. The van der Waals surface area contributed by atoms with Gasteiger partial charge < -0.3 is 19.8 Å². The van der Waals surface area contributed by atoms with Gasteiger partial charge >= 0.3 is 0 Å². The zero-order valence-electron chi connectivity index (χ0n) is 9.32. The van der Waals surface area contributed by atoms with E-state index in [9.17, 15) is 19.8 Å². The van der Waals surface area contributed by atoms with Crippen molar-refractivity contribution in [3.05, 3.63) is 12.2 Å². The summed E-state index contributed by atoms with van der Waals surface area (Å²) in [4.78, 5) is 18.8. The van der Waals surface area contributed by atoms with E-state index in [1.807, 2.05) is 0 Å². The van der Waals surface area contributed by atoms with Crippen LogP contribution in [0.1, 0.15) is 46.0 Å². The number of aliphatic carboxylic acids is 2. The molecule has 0 spiro atoms. The summed E-state index contributed by atoms with van der Waals surface area (Å²) in [6.07, 6.45) is 7.78. The highest BCUT2D eigenvalue weighted by molar-refractivity contribution is 5.87. The van der Waals surface area contributed by atoms with Crippen molar-refractivity contribution in [2.75, 3.05) is 0 Å². The van der Waals surface area contributed by atoms with Crippen LogP contribution in [0.2, 0.25) is 0 Å². The Labute approximate surface area is 90.6 Å². The molecule has 15 heavy (non-hydrogen) atoms. The Morgan fingerprint density at radius 2 is 1.20 bits per heavy atom. The molecular formula is C11H18O4-2. The van der Waals surface area contributed by atoms with E-state index < -0.39 is 11.9 Å². The second-order valence-electron chi connectivity index (χ2n) is 3.03. The number of unbranched alkanes of at least 4 members (excludes halogenated alkanes) is 4. The molecule has 0 atom stereocenters. The van der Waals surface area contributed by atoms with Gasteiger partial charge in [-0.2, -0.15) is 0 Å². The molecule has 0 aliphatic carbocycles. The van der Waals surface area contributed by atoms with Gasteiger partial charge in [-0.15, -0.1) is 0 Å². The maximum absolute atomic E-state index is 9.41. The molecule has 0 saturated heterocycles. The topological polar surface area (TPSA) is 80.3 Å². The zero-order chi connectivity index (χ0) is 12.1. The first-order chi connectivity index (χ1) is 7.04. The van der Waals surface area contributed by atoms with Gasteiger partial charge in [-0.25, -0.2) is 0 Å². The Bertz CT molecular complexity index is 177. The molecule has 0 heterocycles. The quantitative estimate of drug-likeness (QED) is 0.461. The molecule has 4 nitrogen and oxygen atoms in total. The van der Waals surface area contributed by atoms with Gasteiger partial charge in [0.25, 0.3) is 0 Å². The third-order valence-electron chi connectivity index (χ3n) is 1.56. The summed E-state index contributed by atoms with van der Waals surface area (Å²) >= 11 is 0. The largest absolute Gasteiger partial charge is 0.545 e. The summed E-state index contributed by atoms with van der Waals surface area (Å²) in [6, 6.07) is 0. The van der Waals surface area contributed by atoms with Crippen LogP contribution in [0, 0.1) is 0 Å². The van der Waals surface area contributed by atoms with E-state index in [1.54, 1.807) is 0 Å². The minimum Gasteiger partial charge on any atom is -0.545 e. The molecule has 0 aromatic rings. The van der Waals surface area contributed by atoms with E-state index in [-0.39, 0.29) is 0 Å². The van der Waals surface area contributed by atoms with Crippen molar-refractivity contribution in [3.8, 4) is 0 Å². The Balaban J connectivity index is 0. The molecule has 0 aliphatic rings. The van der Waals surface area contributed by atoms with Crippen molar-refractivity contribution < 1.29 is 19.8 Å². The summed E-state index contributed by atoms with van der Waals surface area (Å²) in [6.45, 7) is 4.49. The number of rotatable bonds is 6. The highest BCUT2D eigenvalue weighted by Crippen LogP contribution is 2.00. The monoisotopic (exact) mass is 214 g/mol. The van der Waals surface area contributed by atoms with E-state index in [0.29, 0.717) is 12.2 Å². The Hall–Kier alpha value is -1.32. The normalized spacial score (nSPS) is 9.47. The highest BCUT2D eigenvalue weighted by Gasteiger charge is 1.80. The number of carboxylic acid groups (broad SMARTS) is 2. The van der Waals surface area contributed by atoms with Crippen molar-refractivity contribution in [2.24, 2.45) is 0 Å². The molecule has 0 amide bonds. The fourth-order valence-electron chi connectivity index (χ4n) is 0.813. The van der Waals surface area contributed by atoms with Crippen LogP contribution in [0.15, 0.2) is 12.2 Å². The Morgan fingerprint density at radius 3 is 1.40 bits per heavy atom. The average Bonchev–Trinajstić information content (AvgIpc) is 2.17. The molecule has 0 N–H and O–H groups in total. The number of carbonyl (C=O) groups is 2. The fourth-order valence-corrected chi connectivity index (χ4v) is 0.813. The van der Waals surface area contributed by atoms with Crippen molar-refractivity contribution in [3.63, 3.8) is 0 Å². The molecule has 0 aromatic carbocycles. The van der Waals surface area contributed by atoms with Gasteiger partial charge in [0, 0.05) is 0 Å². The zero-order valence-corrected chi connectivity index (χ0v) is 9.32. The van der Waals surface area contributed by atoms with Gasteiger partial charge in [-0.1, -0.05) is 46.0 Å². The summed E-state index contributed by atoms with van der Waals surface area (Å²) in [7, 11) is 0. The first-order valence-electron chi connectivity index (χ1n) is 5.14. The third-order valence-corrected chi connectivity index (χ3v) is 1.56. The van der Waals surface area contributed by atoms with E-state index in [1.165, 1.54) is 32.1 Å². The smallest absolute Gasteiger partial charge is 0.0643 e. The lowest BCUT2D eigenvalue weighted by Gasteiger charge is -1.90. The van der Waals surface area contributed by atoms with Crippen LogP contribution >= 0.6 is 0 Å². The lowest BCUT2D eigenvalue weighted by atomic mass is 10.2. The van der Waals surface area contributed by atoms with Gasteiger partial charge in [0.05, 0.1) is 11.9 Å². The van der Waals surface area contributed by atoms with Gasteiger partial charge in [0.15, 0.2) is 0 Å². The number of carboxylic acids is 2. The molecule has 0 bridgehead atoms. The minimum absolute atomic E-state index is 0.384. The molecule has 0 radical (unpaired) electrons. The fraction of sp³-hybridized carbons (Fsp3) is 0.636. The summed E-state index contributed by atoms with van der Waals surface area (Å²) < 4.78 is 0. The molecule has 0 fully saturated rings. The predicted molar refractivity (Wildman–Crippen MR) is 53.6 cm³/mol. The van der Waals surface area contributed by atoms with Gasteiger partial charge in [-0.3, -0.25) is 0 Å². The molecule has 4 heteroatoms. The van der Waals surface area contributed by atoms with Crippen molar-refractivity contribution in [1.82, 2.24) is 0 Å². The minimum atomic E-state index is -1.55. The van der Waals surface area contributed by atoms with Gasteiger partial charge in [0.2, 0.25) is 0 Å². The SMILES string of the molecule is CCCCCCC.O=C([O-])/C=C/C(=O)[O-]. The van der Waals surface area contributed by atoms with Crippen LogP contribution in [-0.4, -0.2) is 11.9 Å². The van der Waals surface area contributed by atoms with Crippen molar-refractivity contribution in [1.29, 1.82) is 0 Å². The maximum Gasteiger partial charge on any atom is 0.0643 e. The predicted octanol–water partition coefficient (Wildman–Crippen LogP) is 0.0191. The first-order valence-corrected chi connectivity index (χ1v) is 5.14. The van der Waals surface area contributed by atoms with E-state index in [2.05, 4.69) is 13.8 Å². The van der Waals surface area contributed by atoms with E-state index in [4.69, 9.17) is 0 Å². The van der Waals surface area contributed by atoms with Crippen LogP contribution in [0.5, 0.6) is 0 Å². The Kier molecular flexibility index (Phi) is 13.6. The molecule has 0 aromatic heterocycles. The first kappa shape index (κ1) is 16.1. The second kappa shape index (κ2) is 12.7. The van der Waals surface area contributed by atoms with Crippen LogP contribution in [-0.2, 0) is 9.59 Å². The molecule has 0 rings (SSSR count). The van der Waals surface area contributed by atoms with E-state index >= 15 is 0 Å². The molecule has 0 saturated carbocycles. The number of hydrogen-bond donors (Lipinski definition) is 0. The summed E-state index contributed by atoms with van der Waals surface area (Å²) in [5.41, 5.74) is 0. The molecular weight excluding hydrogens is 196 g/mol. The Morgan fingerprint density at radius 1 is 0.867 bits per heavy atom. The van der Waals surface area contributed by atoms with Gasteiger partial charge in [0.1, 0.15) is 0 Å². The van der Waals surface area contributed by atoms with Crippen LogP contribution in [0.4, 0.5) is 0 Å². The molecule has 88 valence electrons.